The summed E-state index contributed by atoms with van der Waals surface area (Å²) in [6.45, 7) is 1.91. The smallest absolute Gasteiger partial charge is 0.251 e. The third kappa shape index (κ3) is 2.31. The SMILES string of the molecule is O=C(NC1CC=CC1)c1ccc2c(c1)CNCC2. The standard InChI is InChI=1S/C15H18N2O/c18-15(17-14-3-1-2-4-14)12-6-5-11-7-8-16-10-13(11)9-12/h1-2,5-6,9,14,16H,3-4,7-8,10H2,(H,17,18). The fourth-order valence-corrected chi connectivity index (χ4v) is 2.63. The predicted molar refractivity (Wildman–Crippen MR) is 71.5 cm³/mol. The largest absolute Gasteiger partial charge is 0.349 e. The minimum Gasteiger partial charge on any atom is -0.349 e. The Morgan fingerprint density at radius 2 is 2.06 bits per heavy atom. The summed E-state index contributed by atoms with van der Waals surface area (Å²) in [5.41, 5.74) is 3.41. The molecule has 2 aliphatic rings. The molecule has 0 spiro atoms. The number of hydrogen-bond acceptors (Lipinski definition) is 2. The van der Waals surface area contributed by atoms with E-state index in [2.05, 4.69) is 28.9 Å². The minimum absolute atomic E-state index is 0.0528. The van der Waals surface area contributed by atoms with Crippen LogP contribution in [-0.4, -0.2) is 18.5 Å². The molecule has 18 heavy (non-hydrogen) atoms. The van der Waals surface area contributed by atoms with Gasteiger partial charge in [-0.3, -0.25) is 4.79 Å². The molecule has 1 amide bonds. The van der Waals surface area contributed by atoms with Gasteiger partial charge in [0.1, 0.15) is 0 Å². The molecule has 3 heteroatoms. The Morgan fingerprint density at radius 1 is 1.22 bits per heavy atom. The van der Waals surface area contributed by atoms with Gasteiger partial charge in [-0.15, -0.1) is 0 Å². The van der Waals surface area contributed by atoms with Gasteiger partial charge in [-0.1, -0.05) is 18.2 Å². The summed E-state index contributed by atoms with van der Waals surface area (Å²) in [6.07, 6.45) is 7.23. The summed E-state index contributed by atoms with van der Waals surface area (Å²) >= 11 is 0. The van der Waals surface area contributed by atoms with Crippen LogP contribution in [0.3, 0.4) is 0 Å². The highest BCUT2D eigenvalue weighted by Gasteiger charge is 2.16. The molecule has 0 fully saturated rings. The first-order chi connectivity index (χ1) is 8.83. The highest BCUT2D eigenvalue weighted by Crippen LogP contribution is 2.17. The minimum atomic E-state index is 0.0528. The number of hydrogen-bond donors (Lipinski definition) is 2. The number of rotatable bonds is 2. The van der Waals surface area contributed by atoms with Gasteiger partial charge in [0.25, 0.3) is 5.91 Å². The van der Waals surface area contributed by atoms with Crippen LogP contribution in [0.1, 0.15) is 34.3 Å². The first-order valence-electron chi connectivity index (χ1n) is 6.61. The highest BCUT2D eigenvalue weighted by atomic mass is 16.1. The lowest BCUT2D eigenvalue weighted by Crippen LogP contribution is -2.33. The number of benzene rings is 1. The normalized spacial score (nSPS) is 18.7. The van der Waals surface area contributed by atoms with E-state index in [1.54, 1.807) is 0 Å². The van der Waals surface area contributed by atoms with Crippen LogP contribution in [0.4, 0.5) is 0 Å². The van der Waals surface area contributed by atoms with Gasteiger partial charge >= 0.3 is 0 Å². The lowest BCUT2D eigenvalue weighted by atomic mass is 9.98. The van der Waals surface area contributed by atoms with Gasteiger partial charge in [-0.25, -0.2) is 0 Å². The molecule has 0 bridgehead atoms. The van der Waals surface area contributed by atoms with Crippen LogP contribution >= 0.6 is 0 Å². The summed E-state index contributed by atoms with van der Waals surface area (Å²) < 4.78 is 0. The number of amides is 1. The van der Waals surface area contributed by atoms with E-state index in [1.807, 2.05) is 12.1 Å². The molecule has 0 unspecified atom stereocenters. The van der Waals surface area contributed by atoms with Crippen molar-refractivity contribution < 1.29 is 4.79 Å². The van der Waals surface area contributed by atoms with Crippen molar-refractivity contribution in [3.05, 3.63) is 47.0 Å². The Kier molecular flexibility index (Phi) is 3.15. The average molecular weight is 242 g/mol. The molecule has 0 atom stereocenters. The van der Waals surface area contributed by atoms with Crippen molar-refractivity contribution in [2.75, 3.05) is 6.54 Å². The zero-order valence-corrected chi connectivity index (χ0v) is 10.4. The van der Waals surface area contributed by atoms with E-state index in [0.29, 0.717) is 0 Å². The number of nitrogens with one attached hydrogen (secondary N) is 2. The Balaban J connectivity index is 1.73. The molecule has 0 saturated heterocycles. The molecule has 1 aromatic rings. The maximum atomic E-state index is 12.1. The van der Waals surface area contributed by atoms with Gasteiger partial charge in [-0.2, -0.15) is 0 Å². The fourth-order valence-electron chi connectivity index (χ4n) is 2.63. The average Bonchev–Trinajstić information content (AvgIpc) is 2.91. The van der Waals surface area contributed by atoms with Crippen molar-refractivity contribution in [3.63, 3.8) is 0 Å². The van der Waals surface area contributed by atoms with Gasteiger partial charge in [0.2, 0.25) is 0 Å². The van der Waals surface area contributed by atoms with Crippen molar-refractivity contribution >= 4 is 5.91 Å². The number of fused-ring (bicyclic) bond motifs is 1. The summed E-state index contributed by atoms with van der Waals surface area (Å²) in [5.74, 6) is 0.0528. The second-order valence-corrected chi connectivity index (χ2v) is 5.02. The summed E-state index contributed by atoms with van der Waals surface area (Å²) in [7, 11) is 0. The zero-order chi connectivity index (χ0) is 12.4. The Hall–Kier alpha value is -1.61. The quantitative estimate of drug-likeness (QED) is 0.776. The molecule has 2 N–H and O–H groups in total. The van der Waals surface area contributed by atoms with E-state index in [-0.39, 0.29) is 11.9 Å². The molecule has 1 heterocycles. The van der Waals surface area contributed by atoms with Gasteiger partial charge in [-0.05, 0) is 49.1 Å². The van der Waals surface area contributed by atoms with Crippen LogP contribution in [0.2, 0.25) is 0 Å². The van der Waals surface area contributed by atoms with Crippen molar-refractivity contribution in [3.8, 4) is 0 Å². The van der Waals surface area contributed by atoms with E-state index in [0.717, 1.165) is 37.9 Å². The number of carbonyl (C=O) groups excluding carboxylic acids is 1. The second-order valence-electron chi connectivity index (χ2n) is 5.02. The van der Waals surface area contributed by atoms with Crippen molar-refractivity contribution in [2.24, 2.45) is 0 Å². The van der Waals surface area contributed by atoms with E-state index in [4.69, 9.17) is 0 Å². The Morgan fingerprint density at radius 3 is 2.89 bits per heavy atom. The van der Waals surface area contributed by atoms with Crippen LogP contribution in [0, 0.1) is 0 Å². The Bertz CT molecular complexity index is 485. The summed E-state index contributed by atoms with van der Waals surface area (Å²) in [5, 5.41) is 6.42. The monoisotopic (exact) mass is 242 g/mol. The van der Waals surface area contributed by atoms with Crippen molar-refractivity contribution in [1.82, 2.24) is 10.6 Å². The molecule has 0 aromatic heterocycles. The Labute approximate surface area is 107 Å². The second kappa shape index (κ2) is 4.94. The van der Waals surface area contributed by atoms with E-state index in [9.17, 15) is 4.79 Å². The van der Waals surface area contributed by atoms with Crippen molar-refractivity contribution in [1.29, 1.82) is 0 Å². The fraction of sp³-hybridized carbons (Fsp3) is 0.400. The molecule has 3 rings (SSSR count). The first-order valence-corrected chi connectivity index (χ1v) is 6.61. The molecular weight excluding hydrogens is 224 g/mol. The lowest BCUT2D eigenvalue weighted by Gasteiger charge is -2.18. The van der Waals surface area contributed by atoms with Gasteiger partial charge in [0, 0.05) is 18.2 Å². The molecule has 3 nitrogen and oxygen atoms in total. The van der Waals surface area contributed by atoms with Crippen LogP contribution in [0.15, 0.2) is 30.4 Å². The van der Waals surface area contributed by atoms with E-state index in [1.165, 1.54) is 11.1 Å². The zero-order valence-electron chi connectivity index (χ0n) is 10.4. The van der Waals surface area contributed by atoms with Gasteiger partial charge in [0.05, 0.1) is 0 Å². The van der Waals surface area contributed by atoms with Crippen LogP contribution in [-0.2, 0) is 13.0 Å². The topological polar surface area (TPSA) is 41.1 Å². The third-order valence-electron chi connectivity index (χ3n) is 3.70. The first kappa shape index (κ1) is 11.5. The van der Waals surface area contributed by atoms with E-state index >= 15 is 0 Å². The van der Waals surface area contributed by atoms with Gasteiger partial charge in [0.15, 0.2) is 0 Å². The summed E-state index contributed by atoms with van der Waals surface area (Å²) in [6, 6.07) is 6.35. The molecule has 0 radical (unpaired) electrons. The summed E-state index contributed by atoms with van der Waals surface area (Å²) in [4.78, 5) is 12.1. The molecule has 94 valence electrons. The molecule has 1 aromatic carbocycles. The maximum Gasteiger partial charge on any atom is 0.251 e. The molecular formula is C15H18N2O. The van der Waals surface area contributed by atoms with Gasteiger partial charge < -0.3 is 10.6 Å². The third-order valence-corrected chi connectivity index (χ3v) is 3.70. The van der Waals surface area contributed by atoms with Crippen LogP contribution in [0.25, 0.3) is 0 Å². The van der Waals surface area contributed by atoms with Crippen molar-refractivity contribution in [2.45, 2.75) is 31.8 Å². The van der Waals surface area contributed by atoms with Crippen LogP contribution < -0.4 is 10.6 Å². The lowest BCUT2D eigenvalue weighted by molar-refractivity contribution is 0.0939. The maximum absolute atomic E-state index is 12.1. The highest BCUT2D eigenvalue weighted by molar-refractivity contribution is 5.94. The number of carbonyl (C=O) groups is 1. The predicted octanol–water partition coefficient (Wildman–Crippen LogP) is 1.78. The molecule has 1 aliphatic heterocycles. The van der Waals surface area contributed by atoms with Crippen LogP contribution in [0.5, 0.6) is 0 Å². The van der Waals surface area contributed by atoms with E-state index < -0.39 is 0 Å². The molecule has 0 saturated carbocycles. The molecule has 1 aliphatic carbocycles.